The van der Waals surface area contributed by atoms with Gasteiger partial charge in [0.1, 0.15) is 5.75 Å². The minimum atomic E-state index is -0.0562. The molecule has 5 heteroatoms. The largest absolute Gasteiger partial charge is 0.495 e. The van der Waals surface area contributed by atoms with Crippen LogP contribution in [0.1, 0.15) is 19.3 Å². The number of carbonyl (C=O) groups is 1. The van der Waals surface area contributed by atoms with Gasteiger partial charge < -0.3 is 20.7 Å². The van der Waals surface area contributed by atoms with E-state index in [2.05, 4.69) is 5.32 Å². The van der Waals surface area contributed by atoms with Crippen molar-refractivity contribution in [3.63, 3.8) is 0 Å². The molecule has 1 saturated heterocycles. The number of anilines is 2. The van der Waals surface area contributed by atoms with Crippen molar-refractivity contribution >= 4 is 17.4 Å². The number of nitrogens with zero attached hydrogens (tertiary/aromatic N) is 1. The van der Waals surface area contributed by atoms with E-state index >= 15 is 0 Å². The first-order valence-electron chi connectivity index (χ1n) is 6.20. The first-order valence-corrected chi connectivity index (χ1v) is 6.20. The number of nitrogens with one attached hydrogen (secondary N) is 1. The molecule has 0 atom stereocenters. The van der Waals surface area contributed by atoms with Crippen molar-refractivity contribution in [3.8, 4) is 5.75 Å². The number of benzene rings is 1. The Balaban J connectivity index is 2.00. The predicted molar refractivity (Wildman–Crippen MR) is 71.8 cm³/mol. The molecule has 18 heavy (non-hydrogen) atoms. The van der Waals surface area contributed by atoms with Crippen LogP contribution in [-0.4, -0.2) is 31.1 Å². The molecule has 98 valence electrons. The molecular formula is C13H19N3O2. The van der Waals surface area contributed by atoms with Crippen LogP contribution in [0.5, 0.6) is 5.75 Å². The van der Waals surface area contributed by atoms with E-state index in [-0.39, 0.29) is 6.03 Å². The van der Waals surface area contributed by atoms with Gasteiger partial charge in [0.2, 0.25) is 0 Å². The number of rotatable bonds is 2. The van der Waals surface area contributed by atoms with E-state index < -0.39 is 0 Å². The van der Waals surface area contributed by atoms with E-state index in [9.17, 15) is 4.79 Å². The van der Waals surface area contributed by atoms with Crippen LogP contribution in [0, 0.1) is 0 Å². The van der Waals surface area contributed by atoms with Crippen LogP contribution in [0.3, 0.4) is 0 Å². The lowest BCUT2D eigenvalue weighted by atomic mass is 10.1. The Morgan fingerprint density at radius 3 is 2.67 bits per heavy atom. The zero-order valence-electron chi connectivity index (χ0n) is 10.6. The smallest absolute Gasteiger partial charge is 0.321 e. The predicted octanol–water partition coefficient (Wildman–Crippen LogP) is 2.30. The highest BCUT2D eigenvalue weighted by molar-refractivity contribution is 5.90. The second-order valence-corrected chi connectivity index (χ2v) is 4.43. The number of methoxy groups -OCH3 is 1. The first-order chi connectivity index (χ1) is 8.70. The summed E-state index contributed by atoms with van der Waals surface area (Å²) in [6, 6.07) is 5.19. The summed E-state index contributed by atoms with van der Waals surface area (Å²) in [5, 5.41) is 2.86. The van der Waals surface area contributed by atoms with E-state index in [1.807, 2.05) is 4.90 Å². The van der Waals surface area contributed by atoms with Gasteiger partial charge in [0.25, 0.3) is 0 Å². The highest BCUT2D eigenvalue weighted by Crippen LogP contribution is 2.24. The number of amides is 2. The third kappa shape index (κ3) is 2.85. The lowest BCUT2D eigenvalue weighted by Gasteiger charge is -2.26. The highest BCUT2D eigenvalue weighted by Gasteiger charge is 2.16. The molecule has 1 heterocycles. The van der Waals surface area contributed by atoms with E-state index in [0.29, 0.717) is 17.1 Å². The number of nitrogens with two attached hydrogens (primary N) is 1. The number of carbonyl (C=O) groups excluding carboxylic acids is 1. The fourth-order valence-corrected chi connectivity index (χ4v) is 2.11. The third-order valence-corrected chi connectivity index (χ3v) is 3.12. The summed E-state index contributed by atoms with van der Waals surface area (Å²) >= 11 is 0. The van der Waals surface area contributed by atoms with Crippen molar-refractivity contribution in [1.82, 2.24) is 4.90 Å². The monoisotopic (exact) mass is 249 g/mol. The molecule has 1 aliphatic rings. The quantitative estimate of drug-likeness (QED) is 0.790. The van der Waals surface area contributed by atoms with Crippen LogP contribution in [0.4, 0.5) is 16.2 Å². The lowest BCUT2D eigenvalue weighted by molar-refractivity contribution is 0.200. The molecule has 5 nitrogen and oxygen atoms in total. The maximum Gasteiger partial charge on any atom is 0.321 e. The number of nitrogen functional groups attached to an aromatic ring is 1. The van der Waals surface area contributed by atoms with Crippen LogP contribution < -0.4 is 15.8 Å². The van der Waals surface area contributed by atoms with Gasteiger partial charge in [-0.1, -0.05) is 0 Å². The number of hydrogen-bond donors (Lipinski definition) is 2. The summed E-state index contributed by atoms with van der Waals surface area (Å²) in [7, 11) is 1.57. The van der Waals surface area contributed by atoms with Gasteiger partial charge in [-0.3, -0.25) is 0 Å². The van der Waals surface area contributed by atoms with E-state index in [4.69, 9.17) is 10.5 Å². The normalized spacial score (nSPS) is 15.3. The molecule has 0 saturated carbocycles. The SMILES string of the molecule is COc1ccc(NC(=O)N2CCCCC2)cc1N. The maximum atomic E-state index is 12.0. The molecule has 3 N–H and O–H groups in total. The van der Waals surface area contributed by atoms with Gasteiger partial charge in [-0.2, -0.15) is 0 Å². The zero-order chi connectivity index (χ0) is 13.0. The zero-order valence-corrected chi connectivity index (χ0v) is 10.6. The van der Waals surface area contributed by atoms with Crippen LogP contribution in [0.2, 0.25) is 0 Å². The number of piperidine rings is 1. The third-order valence-electron chi connectivity index (χ3n) is 3.12. The summed E-state index contributed by atoms with van der Waals surface area (Å²) < 4.78 is 5.07. The Bertz CT molecular complexity index is 428. The fraction of sp³-hybridized carbons (Fsp3) is 0.462. The Morgan fingerprint density at radius 1 is 1.33 bits per heavy atom. The molecule has 0 bridgehead atoms. The molecule has 0 unspecified atom stereocenters. The van der Waals surface area contributed by atoms with Crippen LogP contribution in [0.15, 0.2) is 18.2 Å². The number of urea groups is 1. The molecule has 1 fully saturated rings. The summed E-state index contributed by atoms with van der Waals surface area (Å²) in [5.74, 6) is 0.617. The summed E-state index contributed by atoms with van der Waals surface area (Å²) in [5.41, 5.74) is 7.02. The average molecular weight is 249 g/mol. The molecule has 0 spiro atoms. The van der Waals surface area contributed by atoms with E-state index in [1.165, 1.54) is 6.42 Å². The summed E-state index contributed by atoms with van der Waals surface area (Å²) in [4.78, 5) is 13.8. The standard InChI is InChI=1S/C13H19N3O2/c1-18-12-6-5-10(9-11(12)14)15-13(17)16-7-3-2-4-8-16/h5-6,9H,2-4,7-8,14H2,1H3,(H,15,17). The maximum absolute atomic E-state index is 12.0. The lowest BCUT2D eigenvalue weighted by Crippen LogP contribution is -2.38. The molecule has 1 aliphatic heterocycles. The Labute approximate surface area is 107 Å². The highest BCUT2D eigenvalue weighted by atomic mass is 16.5. The molecule has 2 amide bonds. The number of ether oxygens (including phenoxy) is 1. The van der Waals surface area contributed by atoms with Crippen molar-refractivity contribution in [2.45, 2.75) is 19.3 Å². The molecule has 2 rings (SSSR count). The van der Waals surface area contributed by atoms with Gasteiger partial charge in [0.05, 0.1) is 12.8 Å². The van der Waals surface area contributed by atoms with Gasteiger partial charge in [0.15, 0.2) is 0 Å². The van der Waals surface area contributed by atoms with Gasteiger partial charge in [0, 0.05) is 18.8 Å². The van der Waals surface area contributed by atoms with Crippen molar-refractivity contribution in [3.05, 3.63) is 18.2 Å². The Kier molecular flexibility index (Phi) is 3.92. The van der Waals surface area contributed by atoms with Crippen LogP contribution in [0.25, 0.3) is 0 Å². The van der Waals surface area contributed by atoms with E-state index in [0.717, 1.165) is 25.9 Å². The topological polar surface area (TPSA) is 67.6 Å². The number of likely N-dealkylation sites (tertiary alicyclic amines) is 1. The molecule has 0 aliphatic carbocycles. The van der Waals surface area contributed by atoms with Crippen molar-refractivity contribution in [2.24, 2.45) is 0 Å². The first kappa shape index (κ1) is 12.5. The molecular weight excluding hydrogens is 230 g/mol. The van der Waals surface area contributed by atoms with Gasteiger partial charge in [-0.25, -0.2) is 4.79 Å². The van der Waals surface area contributed by atoms with Crippen molar-refractivity contribution in [2.75, 3.05) is 31.2 Å². The van der Waals surface area contributed by atoms with Crippen molar-refractivity contribution in [1.29, 1.82) is 0 Å². The second kappa shape index (κ2) is 5.62. The Hall–Kier alpha value is -1.91. The summed E-state index contributed by atoms with van der Waals surface area (Å²) in [6.07, 6.45) is 3.37. The van der Waals surface area contributed by atoms with Gasteiger partial charge in [-0.05, 0) is 37.5 Å². The van der Waals surface area contributed by atoms with Crippen molar-refractivity contribution < 1.29 is 9.53 Å². The minimum absolute atomic E-state index is 0.0562. The molecule has 0 radical (unpaired) electrons. The van der Waals surface area contributed by atoms with Gasteiger partial charge in [-0.15, -0.1) is 0 Å². The van der Waals surface area contributed by atoms with Gasteiger partial charge >= 0.3 is 6.03 Å². The summed E-state index contributed by atoms with van der Waals surface area (Å²) in [6.45, 7) is 1.66. The van der Waals surface area contributed by atoms with Crippen LogP contribution in [-0.2, 0) is 0 Å². The number of hydrogen-bond acceptors (Lipinski definition) is 3. The van der Waals surface area contributed by atoms with Crippen LogP contribution >= 0.6 is 0 Å². The molecule has 1 aromatic carbocycles. The Morgan fingerprint density at radius 2 is 2.06 bits per heavy atom. The second-order valence-electron chi connectivity index (χ2n) is 4.43. The molecule has 1 aromatic rings. The fourth-order valence-electron chi connectivity index (χ4n) is 2.11. The molecule has 0 aromatic heterocycles. The minimum Gasteiger partial charge on any atom is -0.495 e. The average Bonchev–Trinajstić information content (AvgIpc) is 2.40. The van der Waals surface area contributed by atoms with E-state index in [1.54, 1.807) is 25.3 Å².